The molecule has 0 spiro atoms. The minimum absolute atomic E-state index is 0.141. The zero-order valence-electron chi connectivity index (χ0n) is 11.4. The summed E-state index contributed by atoms with van der Waals surface area (Å²) in [6.45, 7) is 0.224. The number of methoxy groups -OCH3 is 1. The van der Waals surface area contributed by atoms with Gasteiger partial charge in [-0.3, -0.25) is 9.36 Å². The fourth-order valence-electron chi connectivity index (χ4n) is 1.59. The van der Waals surface area contributed by atoms with Gasteiger partial charge in [0.2, 0.25) is 5.91 Å². The van der Waals surface area contributed by atoms with Crippen LogP contribution in [0.1, 0.15) is 0 Å². The minimum atomic E-state index is -0.141. The number of thioether (sulfide) groups is 1. The fraction of sp³-hybridized carbons (Fsp3) is 0.214. The quantitative estimate of drug-likeness (QED) is 0.639. The van der Waals surface area contributed by atoms with Gasteiger partial charge in [-0.25, -0.2) is 0 Å². The third kappa shape index (κ3) is 4.00. The maximum Gasteiger partial charge on any atom is 0.231 e. The highest BCUT2D eigenvalue weighted by molar-refractivity contribution is 7.99. The summed E-state index contributed by atoms with van der Waals surface area (Å²) < 4.78 is 6.98. The van der Waals surface area contributed by atoms with E-state index >= 15 is 0 Å². The van der Waals surface area contributed by atoms with Crippen molar-refractivity contribution in [2.45, 2.75) is 5.16 Å². The summed E-state index contributed by atoms with van der Waals surface area (Å²) in [5.74, 6) is 3.18. The number of amides is 1. The van der Waals surface area contributed by atoms with Crippen molar-refractivity contribution >= 4 is 17.7 Å². The van der Waals surface area contributed by atoms with Crippen molar-refractivity contribution in [1.29, 1.82) is 0 Å². The van der Waals surface area contributed by atoms with Crippen LogP contribution in [0.2, 0.25) is 0 Å². The molecule has 0 saturated heterocycles. The highest BCUT2D eigenvalue weighted by atomic mass is 32.2. The van der Waals surface area contributed by atoms with E-state index in [0.717, 1.165) is 11.4 Å². The van der Waals surface area contributed by atoms with Gasteiger partial charge in [0.05, 0.1) is 25.1 Å². The lowest BCUT2D eigenvalue weighted by Gasteiger charge is -2.07. The first-order chi connectivity index (χ1) is 10.2. The monoisotopic (exact) mass is 302 g/mol. The van der Waals surface area contributed by atoms with Crippen LogP contribution in [-0.4, -0.2) is 40.1 Å². The Morgan fingerprint density at radius 1 is 1.57 bits per heavy atom. The summed E-state index contributed by atoms with van der Waals surface area (Å²) in [7, 11) is 1.61. The molecule has 21 heavy (non-hydrogen) atoms. The number of carbonyl (C=O) groups is 1. The molecule has 2 aromatic rings. The van der Waals surface area contributed by atoms with Crippen LogP contribution < -0.4 is 10.1 Å². The van der Waals surface area contributed by atoms with Crippen molar-refractivity contribution in [1.82, 2.24) is 20.1 Å². The molecular formula is C14H14N4O2S. The summed E-state index contributed by atoms with van der Waals surface area (Å²) in [6, 6.07) is 7.51. The molecule has 0 radical (unpaired) electrons. The van der Waals surface area contributed by atoms with Crippen LogP contribution in [0, 0.1) is 12.3 Å². The standard InChI is InChI=1S/C14H14N4O2S/c1-3-7-15-13(19)9-21-14-17-16-10-18(14)11-5-4-6-12(8-11)20-2/h1,4-6,8,10H,7,9H2,2H3,(H,15,19). The summed E-state index contributed by atoms with van der Waals surface area (Å²) in [6.07, 6.45) is 6.68. The van der Waals surface area contributed by atoms with Gasteiger partial charge >= 0.3 is 0 Å². The highest BCUT2D eigenvalue weighted by Gasteiger charge is 2.10. The van der Waals surface area contributed by atoms with Crippen LogP contribution in [-0.2, 0) is 4.79 Å². The number of carbonyl (C=O) groups excluding carboxylic acids is 1. The Morgan fingerprint density at radius 2 is 2.43 bits per heavy atom. The average Bonchev–Trinajstić information content (AvgIpc) is 2.99. The molecular weight excluding hydrogens is 288 g/mol. The van der Waals surface area contributed by atoms with E-state index in [2.05, 4.69) is 21.4 Å². The van der Waals surface area contributed by atoms with E-state index in [9.17, 15) is 4.79 Å². The molecule has 6 nitrogen and oxygen atoms in total. The second-order valence-corrected chi connectivity index (χ2v) is 4.90. The number of hydrogen-bond donors (Lipinski definition) is 1. The SMILES string of the molecule is C#CCNC(=O)CSc1nncn1-c1cccc(OC)c1. The lowest BCUT2D eigenvalue weighted by Crippen LogP contribution is -2.25. The number of terminal acetylenes is 1. The second kappa shape index (κ2) is 7.36. The molecule has 0 aliphatic carbocycles. The third-order valence-corrected chi connectivity index (χ3v) is 3.51. The largest absolute Gasteiger partial charge is 0.497 e. The maximum atomic E-state index is 11.5. The van der Waals surface area contributed by atoms with Gasteiger partial charge < -0.3 is 10.1 Å². The predicted molar refractivity (Wildman–Crippen MR) is 80.5 cm³/mol. The molecule has 1 heterocycles. The smallest absolute Gasteiger partial charge is 0.231 e. The second-order valence-electron chi connectivity index (χ2n) is 3.95. The number of aromatic nitrogens is 3. The Morgan fingerprint density at radius 3 is 3.19 bits per heavy atom. The number of benzene rings is 1. The molecule has 0 saturated carbocycles. The predicted octanol–water partition coefficient (Wildman–Crippen LogP) is 1.12. The van der Waals surface area contributed by atoms with Crippen LogP contribution in [0.25, 0.3) is 5.69 Å². The Labute approximate surface area is 126 Å². The molecule has 1 N–H and O–H groups in total. The Balaban J connectivity index is 2.08. The molecule has 0 aliphatic rings. The van der Waals surface area contributed by atoms with Crippen molar-refractivity contribution in [3.63, 3.8) is 0 Å². The zero-order valence-corrected chi connectivity index (χ0v) is 12.3. The molecule has 0 unspecified atom stereocenters. The van der Waals surface area contributed by atoms with Gasteiger partial charge in [-0.2, -0.15) is 0 Å². The number of nitrogens with one attached hydrogen (secondary N) is 1. The van der Waals surface area contributed by atoms with Crippen LogP contribution in [0.4, 0.5) is 0 Å². The number of ether oxygens (including phenoxy) is 1. The molecule has 0 aliphatic heterocycles. The Hall–Kier alpha value is -2.46. The van der Waals surface area contributed by atoms with Gasteiger partial charge in [0.1, 0.15) is 12.1 Å². The van der Waals surface area contributed by atoms with Crippen molar-refractivity contribution in [2.24, 2.45) is 0 Å². The van der Waals surface area contributed by atoms with Gasteiger partial charge in [0.15, 0.2) is 5.16 Å². The summed E-state index contributed by atoms with van der Waals surface area (Å²) in [5.41, 5.74) is 0.867. The van der Waals surface area contributed by atoms with Gasteiger partial charge in [-0.05, 0) is 12.1 Å². The van der Waals surface area contributed by atoms with Crippen LogP contribution >= 0.6 is 11.8 Å². The summed E-state index contributed by atoms with van der Waals surface area (Å²) in [5, 5.41) is 11.1. The Bertz CT molecular complexity index is 663. The molecule has 7 heteroatoms. The molecule has 1 amide bonds. The van der Waals surface area contributed by atoms with Crippen LogP contribution in [0.3, 0.4) is 0 Å². The van der Waals surface area contributed by atoms with E-state index in [1.54, 1.807) is 18.0 Å². The first-order valence-electron chi connectivity index (χ1n) is 6.12. The van der Waals surface area contributed by atoms with E-state index < -0.39 is 0 Å². The van der Waals surface area contributed by atoms with Crippen LogP contribution in [0.5, 0.6) is 5.75 Å². The Kier molecular flexibility index (Phi) is 5.23. The van der Waals surface area contributed by atoms with Gasteiger partial charge in [0, 0.05) is 6.07 Å². The number of nitrogens with zero attached hydrogens (tertiary/aromatic N) is 3. The topological polar surface area (TPSA) is 69.0 Å². The van der Waals surface area contributed by atoms with E-state index in [4.69, 9.17) is 11.2 Å². The van der Waals surface area contributed by atoms with Crippen molar-refractivity contribution in [3.05, 3.63) is 30.6 Å². The summed E-state index contributed by atoms with van der Waals surface area (Å²) >= 11 is 1.29. The molecule has 0 bridgehead atoms. The minimum Gasteiger partial charge on any atom is -0.497 e. The number of rotatable bonds is 6. The summed E-state index contributed by atoms with van der Waals surface area (Å²) in [4.78, 5) is 11.5. The van der Waals surface area contributed by atoms with Gasteiger partial charge in [0.25, 0.3) is 0 Å². The molecule has 1 aromatic carbocycles. The zero-order chi connectivity index (χ0) is 15.1. The third-order valence-electron chi connectivity index (χ3n) is 2.57. The fourth-order valence-corrected chi connectivity index (χ4v) is 2.35. The molecule has 108 valence electrons. The first-order valence-corrected chi connectivity index (χ1v) is 7.10. The van der Waals surface area contributed by atoms with Crippen LogP contribution in [0.15, 0.2) is 35.7 Å². The molecule has 2 rings (SSSR count). The molecule has 0 atom stereocenters. The van der Waals surface area contributed by atoms with Gasteiger partial charge in [-0.1, -0.05) is 23.7 Å². The lowest BCUT2D eigenvalue weighted by atomic mass is 10.3. The average molecular weight is 302 g/mol. The normalized spacial score (nSPS) is 9.90. The first kappa shape index (κ1) is 14.9. The number of hydrogen-bond acceptors (Lipinski definition) is 5. The van der Waals surface area contributed by atoms with E-state index in [0.29, 0.717) is 5.16 Å². The molecule has 0 fully saturated rings. The molecule has 1 aromatic heterocycles. The highest BCUT2D eigenvalue weighted by Crippen LogP contribution is 2.22. The lowest BCUT2D eigenvalue weighted by molar-refractivity contribution is -0.118. The van der Waals surface area contributed by atoms with Crippen molar-refractivity contribution in [3.8, 4) is 23.8 Å². The van der Waals surface area contributed by atoms with E-state index in [-0.39, 0.29) is 18.2 Å². The van der Waals surface area contributed by atoms with Gasteiger partial charge in [-0.15, -0.1) is 16.6 Å². The maximum absolute atomic E-state index is 11.5. The van der Waals surface area contributed by atoms with E-state index in [1.165, 1.54) is 11.8 Å². The van der Waals surface area contributed by atoms with E-state index in [1.807, 2.05) is 24.3 Å². The van der Waals surface area contributed by atoms with Crippen molar-refractivity contribution in [2.75, 3.05) is 19.4 Å². The van der Waals surface area contributed by atoms with Crippen molar-refractivity contribution < 1.29 is 9.53 Å².